The monoisotopic (exact) mass is 616 g/mol. The summed E-state index contributed by atoms with van der Waals surface area (Å²) in [7, 11) is 0. The first-order valence-corrected chi connectivity index (χ1v) is 13.3. The summed E-state index contributed by atoms with van der Waals surface area (Å²) in [5, 5.41) is 2.91. The van der Waals surface area contributed by atoms with Crippen LogP contribution in [0, 0.1) is 3.57 Å². The van der Waals surface area contributed by atoms with Gasteiger partial charge in [0.1, 0.15) is 5.36 Å². The molecule has 8 heteroatoms. The van der Waals surface area contributed by atoms with E-state index in [1.54, 1.807) is 6.07 Å². The Hall–Kier alpha value is -3.66. The maximum Gasteiger partial charge on any atom is 0.505 e. The number of halogens is 4. The zero-order valence-electron chi connectivity index (χ0n) is 20.2. The molecule has 184 valence electrons. The van der Waals surface area contributed by atoms with Crippen molar-refractivity contribution in [1.29, 1.82) is 0 Å². The second-order valence-electron chi connectivity index (χ2n) is 9.50. The third-order valence-corrected chi connectivity index (χ3v) is 7.99. The van der Waals surface area contributed by atoms with E-state index in [9.17, 15) is 13.2 Å². The van der Waals surface area contributed by atoms with E-state index in [1.165, 1.54) is 12.1 Å². The van der Waals surface area contributed by atoms with Gasteiger partial charge in [-0.05, 0) is 88.0 Å². The number of alkyl halides is 3. The summed E-state index contributed by atoms with van der Waals surface area (Å²) in [5.41, 5.74) is 3.69. The van der Waals surface area contributed by atoms with Crippen LogP contribution in [0.5, 0.6) is 0 Å². The summed E-state index contributed by atoms with van der Waals surface area (Å²) in [5.74, 6) is 1.48. The first kappa shape index (κ1) is 23.5. The van der Waals surface area contributed by atoms with Crippen molar-refractivity contribution in [1.82, 2.24) is 8.96 Å². The average molecular weight is 616 g/mol. The van der Waals surface area contributed by atoms with Gasteiger partial charge in [0.15, 0.2) is 0 Å². The molecule has 0 fully saturated rings. The minimum atomic E-state index is -4.43. The van der Waals surface area contributed by atoms with Gasteiger partial charge in [-0.1, -0.05) is 54.6 Å². The molecule has 0 unspecified atom stereocenters. The molecule has 0 amide bonds. The zero-order chi connectivity index (χ0) is 26.2. The molecule has 0 N–H and O–H groups in total. The van der Waals surface area contributed by atoms with Crippen LogP contribution in [0.15, 0.2) is 102 Å². The zero-order valence-corrected chi connectivity index (χ0v) is 22.3. The number of nitrogens with zero attached hydrogens (tertiary/aromatic N) is 3. The Balaban J connectivity index is 1.58. The normalized spacial score (nSPS) is 14.4. The van der Waals surface area contributed by atoms with Crippen LogP contribution >= 0.6 is 22.6 Å². The van der Waals surface area contributed by atoms with Crippen LogP contribution < -0.4 is 15.1 Å². The number of amidine groups is 1. The highest BCUT2D eigenvalue weighted by Crippen LogP contribution is 2.43. The smallest absolute Gasteiger partial charge is 0.306 e. The van der Waals surface area contributed by atoms with Gasteiger partial charge in [0, 0.05) is 19.7 Å². The molecule has 0 atom stereocenters. The van der Waals surface area contributed by atoms with Crippen LogP contribution in [0.2, 0.25) is 6.82 Å². The Kier molecular flexibility index (Phi) is 5.20. The SMILES string of the molecule is CB1n2c(c(-c3cccc(I)c3)c3ccccc32)N=C2C(c3cccc(C(F)(F)F)c3)=c3ccccc3=[N+]12. The van der Waals surface area contributed by atoms with Gasteiger partial charge in [-0.2, -0.15) is 13.2 Å². The molecule has 2 aliphatic heterocycles. The summed E-state index contributed by atoms with van der Waals surface area (Å²) in [6.07, 6.45) is -4.43. The number of aromatic nitrogens is 1. The lowest BCUT2D eigenvalue weighted by Crippen LogP contribution is -2.50. The lowest BCUT2D eigenvalue weighted by Gasteiger charge is -2.18. The summed E-state index contributed by atoms with van der Waals surface area (Å²) in [4.78, 5) is 5.25. The number of rotatable bonds is 2. The van der Waals surface area contributed by atoms with Gasteiger partial charge in [-0.15, -0.1) is 0 Å². The van der Waals surface area contributed by atoms with Gasteiger partial charge in [0.2, 0.25) is 5.82 Å². The fraction of sp³-hybridized carbons (Fsp3) is 0.0667. The molecule has 2 aliphatic rings. The number of fused-ring (bicyclic) bond motifs is 5. The second kappa shape index (κ2) is 8.43. The lowest BCUT2D eigenvalue weighted by atomic mass is 9.77. The summed E-state index contributed by atoms with van der Waals surface area (Å²) < 4.78 is 46.5. The largest absolute Gasteiger partial charge is 0.505 e. The van der Waals surface area contributed by atoms with Crippen molar-refractivity contribution < 1.29 is 13.2 Å². The van der Waals surface area contributed by atoms with E-state index in [2.05, 4.69) is 68.7 Å². The molecule has 5 aromatic rings. The molecular formula is C30H19BF3IN3+. The van der Waals surface area contributed by atoms with Crippen LogP contribution in [0.4, 0.5) is 19.0 Å². The minimum absolute atomic E-state index is 0.150. The molecular weight excluding hydrogens is 597 g/mol. The van der Waals surface area contributed by atoms with Crippen molar-refractivity contribution in [2.45, 2.75) is 13.0 Å². The van der Waals surface area contributed by atoms with E-state index in [0.29, 0.717) is 17.0 Å². The predicted octanol–water partition coefficient (Wildman–Crippen LogP) is 6.35. The number of aliphatic imine (C=N–C) groups is 1. The lowest BCUT2D eigenvalue weighted by molar-refractivity contribution is -0.137. The molecule has 0 aliphatic carbocycles. The molecule has 7 rings (SSSR count). The van der Waals surface area contributed by atoms with Crippen molar-refractivity contribution in [3.63, 3.8) is 0 Å². The van der Waals surface area contributed by atoms with Gasteiger partial charge in [0.05, 0.1) is 16.7 Å². The fourth-order valence-corrected chi connectivity index (χ4v) is 6.30. The fourth-order valence-electron chi connectivity index (χ4n) is 5.76. The predicted molar refractivity (Wildman–Crippen MR) is 155 cm³/mol. The quantitative estimate of drug-likeness (QED) is 0.163. The van der Waals surface area contributed by atoms with Crippen molar-refractivity contribution in [2.75, 3.05) is 0 Å². The average Bonchev–Trinajstić information content (AvgIpc) is 3.41. The Morgan fingerprint density at radius 3 is 2.39 bits per heavy atom. The Bertz CT molecular complexity index is 1960. The van der Waals surface area contributed by atoms with E-state index in [1.807, 2.05) is 42.5 Å². The summed E-state index contributed by atoms with van der Waals surface area (Å²) in [6, 6.07) is 30.0. The molecule has 0 spiro atoms. The van der Waals surface area contributed by atoms with E-state index >= 15 is 0 Å². The topological polar surface area (TPSA) is 20.3 Å². The Labute approximate surface area is 230 Å². The highest BCUT2D eigenvalue weighted by molar-refractivity contribution is 14.1. The summed E-state index contributed by atoms with van der Waals surface area (Å²) >= 11 is 2.31. The maximum absolute atomic E-state index is 13.7. The molecule has 3 nitrogen and oxygen atoms in total. The Morgan fingerprint density at radius 2 is 1.58 bits per heavy atom. The van der Waals surface area contributed by atoms with Gasteiger partial charge < -0.3 is 4.48 Å². The van der Waals surface area contributed by atoms with Gasteiger partial charge in [-0.3, -0.25) is 4.49 Å². The molecule has 1 aromatic heterocycles. The van der Waals surface area contributed by atoms with E-state index < -0.39 is 11.7 Å². The third kappa shape index (κ3) is 3.42. The molecule has 0 radical (unpaired) electrons. The molecule has 4 aromatic carbocycles. The van der Waals surface area contributed by atoms with Crippen molar-refractivity contribution in [3.05, 3.63) is 122 Å². The molecule has 3 heterocycles. The standard InChI is InChI=1S/C30H19BF3IN3/c1-31-37-24-14-4-2-12-22(24)26(18-8-6-10-20(16-18)30(32,33)34)28(37)36-29-27(19-9-7-11-21(35)17-19)23-13-3-5-15-25(23)38(29)31/h2-17H,1H3/q+1. The van der Waals surface area contributed by atoms with Gasteiger partial charge in [-0.25, -0.2) is 0 Å². The number of hydrogen-bond donors (Lipinski definition) is 0. The molecule has 0 saturated heterocycles. The van der Waals surface area contributed by atoms with Crippen molar-refractivity contribution in [3.8, 4) is 11.1 Å². The molecule has 0 saturated carbocycles. The van der Waals surface area contributed by atoms with Crippen LogP contribution in [0.25, 0.3) is 27.6 Å². The molecule has 38 heavy (non-hydrogen) atoms. The maximum atomic E-state index is 13.7. The van der Waals surface area contributed by atoms with Crippen LogP contribution in [0.3, 0.4) is 0 Å². The molecule has 0 bridgehead atoms. The van der Waals surface area contributed by atoms with E-state index in [-0.39, 0.29) is 6.98 Å². The van der Waals surface area contributed by atoms with Crippen molar-refractivity contribution in [2.24, 2.45) is 4.99 Å². The van der Waals surface area contributed by atoms with E-state index in [4.69, 9.17) is 4.99 Å². The van der Waals surface area contributed by atoms with E-state index in [0.717, 1.165) is 48.1 Å². The highest BCUT2D eigenvalue weighted by Gasteiger charge is 2.44. The second-order valence-corrected chi connectivity index (χ2v) is 10.7. The highest BCUT2D eigenvalue weighted by atomic mass is 127. The van der Waals surface area contributed by atoms with Gasteiger partial charge in [0.25, 0.3) is 0 Å². The van der Waals surface area contributed by atoms with Crippen molar-refractivity contribution >= 4 is 57.7 Å². The first-order valence-electron chi connectivity index (χ1n) is 12.2. The van der Waals surface area contributed by atoms with Crippen LogP contribution in [0.1, 0.15) is 11.1 Å². The number of benzene rings is 4. The number of para-hydroxylation sites is 2. The van der Waals surface area contributed by atoms with Crippen LogP contribution in [-0.4, -0.2) is 17.3 Å². The van der Waals surface area contributed by atoms with Crippen LogP contribution in [-0.2, 0) is 6.18 Å². The van der Waals surface area contributed by atoms with Gasteiger partial charge >= 0.3 is 19.0 Å². The number of hydrogen-bond acceptors (Lipinski definition) is 1. The summed E-state index contributed by atoms with van der Waals surface area (Å²) in [6.45, 7) is 1.97. The third-order valence-electron chi connectivity index (χ3n) is 7.32. The minimum Gasteiger partial charge on any atom is -0.306 e. The first-order chi connectivity index (χ1) is 18.3. The Morgan fingerprint density at radius 1 is 0.842 bits per heavy atom.